The topological polar surface area (TPSA) is 63.8 Å². The summed E-state index contributed by atoms with van der Waals surface area (Å²) in [6.07, 6.45) is 1.87. The maximum absolute atomic E-state index is 11.3. The number of hydrogen-bond donors (Lipinski definition) is 1. The highest BCUT2D eigenvalue weighted by Gasteiger charge is 2.17. The molecule has 2 heterocycles. The van der Waals surface area contributed by atoms with Crippen LogP contribution < -0.4 is 4.74 Å². The Morgan fingerprint density at radius 3 is 2.73 bits per heavy atom. The highest BCUT2D eigenvalue weighted by molar-refractivity contribution is 5.93. The number of carboxylic acid groups (broad SMARTS) is 1. The van der Waals surface area contributed by atoms with E-state index in [2.05, 4.69) is 4.98 Å². The van der Waals surface area contributed by atoms with Crippen LogP contribution >= 0.6 is 0 Å². The van der Waals surface area contributed by atoms with Crippen molar-refractivity contribution in [2.24, 2.45) is 0 Å². The van der Waals surface area contributed by atoms with Gasteiger partial charge in [0.25, 0.3) is 0 Å². The Labute approximate surface area is 127 Å². The number of ether oxygens (including phenoxy) is 1. The molecule has 1 N–H and O–H groups in total. The molecule has 0 bridgehead atoms. The number of hydrogen-bond acceptors (Lipinski definition) is 3. The normalized spacial score (nSPS) is 10.8. The molecule has 0 spiro atoms. The molecule has 0 aliphatic heterocycles. The van der Waals surface area contributed by atoms with E-state index in [1.165, 1.54) is 0 Å². The van der Waals surface area contributed by atoms with Gasteiger partial charge in [0.05, 0.1) is 5.52 Å². The first-order chi connectivity index (χ1) is 10.6. The number of aryl methyl sites for hydroxylation is 2. The fourth-order valence-corrected chi connectivity index (χ4v) is 2.37. The minimum Gasteiger partial charge on any atom is -0.485 e. The molecule has 0 amide bonds. The van der Waals surface area contributed by atoms with E-state index >= 15 is 0 Å². The second-order valence-corrected chi connectivity index (χ2v) is 5.20. The lowest BCUT2D eigenvalue weighted by Crippen LogP contribution is -2.02. The highest BCUT2D eigenvalue weighted by Crippen LogP contribution is 2.20. The first kappa shape index (κ1) is 14.1. The van der Waals surface area contributed by atoms with Crippen molar-refractivity contribution >= 4 is 11.5 Å². The maximum Gasteiger partial charge on any atom is 0.356 e. The van der Waals surface area contributed by atoms with E-state index < -0.39 is 5.97 Å². The Kier molecular flexibility index (Phi) is 3.55. The molecule has 0 unspecified atom stereocenters. The van der Waals surface area contributed by atoms with Gasteiger partial charge in [-0.05, 0) is 37.1 Å². The van der Waals surface area contributed by atoms with Crippen molar-refractivity contribution in [3.8, 4) is 5.75 Å². The van der Waals surface area contributed by atoms with E-state index in [4.69, 9.17) is 4.74 Å². The molecule has 22 heavy (non-hydrogen) atoms. The molecule has 5 heteroatoms. The van der Waals surface area contributed by atoms with Gasteiger partial charge in [0.1, 0.15) is 12.4 Å². The SMILES string of the molecule is Cc1ccc2c(C(=O)O)nc(COc3ccccc3C)n2c1. The third-order valence-corrected chi connectivity index (χ3v) is 3.51. The Morgan fingerprint density at radius 2 is 2.00 bits per heavy atom. The molecule has 112 valence electrons. The molecule has 0 fully saturated rings. The van der Waals surface area contributed by atoms with Crippen LogP contribution in [-0.4, -0.2) is 20.5 Å². The zero-order valence-electron chi connectivity index (χ0n) is 12.4. The first-order valence-electron chi connectivity index (χ1n) is 6.95. The van der Waals surface area contributed by atoms with Gasteiger partial charge in [-0.25, -0.2) is 9.78 Å². The lowest BCUT2D eigenvalue weighted by molar-refractivity contribution is 0.0693. The fraction of sp³-hybridized carbons (Fsp3) is 0.176. The Hall–Kier alpha value is -2.82. The van der Waals surface area contributed by atoms with Gasteiger partial charge in [-0.1, -0.05) is 24.3 Å². The summed E-state index contributed by atoms with van der Waals surface area (Å²) in [5.74, 6) is 0.298. The van der Waals surface area contributed by atoms with Gasteiger partial charge in [-0.3, -0.25) is 4.40 Å². The average Bonchev–Trinajstić information content (AvgIpc) is 2.84. The number of nitrogens with zero attached hydrogens (tertiary/aromatic N) is 2. The van der Waals surface area contributed by atoms with Crippen molar-refractivity contribution in [2.45, 2.75) is 20.5 Å². The highest BCUT2D eigenvalue weighted by atomic mass is 16.5. The summed E-state index contributed by atoms with van der Waals surface area (Å²) < 4.78 is 7.56. The molecule has 3 rings (SSSR count). The van der Waals surface area contributed by atoms with Gasteiger partial charge in [0.2, 0.25) is 0 Å². The van der Waals surface area contributed by atoms with Crippen molar-refractivity contribution in [3.63, 3.8) is 0 Å². The molecule has 0 aliphatic carbocycles. The molecule has 0 radical (unpaired) electrons. The van der Waals surface area contributed by atoms with Crippen LogP contribution in [0.2, 0.25) is 0 Å². The lowest BCUT2D eigenvalue weighted by atomic mass is 10.2. The quantitative estimate of drug-likeness (QED) is 0.803. The number of benzene rings is 1. The summed E-state index contributed by atoms with van der Waals surface area (Å²) in [5.41, 5.74) is 2.67. The molecule has 0 aliphatic rings. The molecule has 3 aromatic rings. The summed E-state index contributed by atoms with van der Waals surface area (Å²) in [4.78, 5) is 15.5. The van der Waals surface area contributed by atoms with Crippen molar-refractivity contribution in [3.05, 3.63) is 65.2 Å². The van der Waals surface area contributed by atoms with Gasteiger partial charge in [-0.15, -0.1) is 0 Å². The number of para-hydroxylation sites is 1. The Balaban J connectivity index is 1.98. The van der Waals surface area contributed by atoms with Crippen LogP contribution in [0.3, 0.4) is 0 Å². The molecule has 0 saturated heterocycles. The number of carboxylic acids is 1. The molecule has 1 aromatic carbocycles. The van der Waals surface area contributed by atoms with E-state index in [1.54, 1.807) is 10.5 Å². The van der Waals surface area contributed by atoms with Crippen molar-refractivity contribution < 1.29 is 14.6 Å². The van der Waals surface area contributed by atoms with Crippen molar-refractivity contribution in [1.82, 2.24) is 9.38 Å². The Morgan fingerprint density at radius 1 is 1.23 bits per heavy atom. The maximum atomic E-state index is 11.3. The summed E-state index contributed by atoms with van der Waals surface area (Å²) >= 11 is 0. The summed E-state index contributed by atoms with van der Waals surface area (Å²) in [5, 5.41) is 9.28. The van der Waals surface area contributed by atoms with E-state index in [0.717, 1.165) is 16.9 Å². The van der Waals surface area contributed by atoms with Crippen LogP contribution in [0.25, 0.3) is 5.52 Å². The van der Waals surface area contributed by atoms with Gasteiger partial charge in [0.15, 0.2) is 11.5 Å². The smallest absolute Gasteiger partial charge is 0.356 e. The zero-order valence-corrected chi connectivity index (χ0v) is 12.4. The predicted molar refractivity (Wildman–Crippen MR) is 82.4 cm³/mol. The van der Waals surface area contributed by atoms with Crippen LogP contribution in [0.15, 0.2) is 42.6 Å². The third-order valence-electron chi connectivity index (χ3n) is 3.51. The van der Waals surface area contributed by atoms with Crippen LogP contribution in [0.1, 0.15) is 27.4 Å². The summed E-state index contributed by atoms with van der Waals surface area (Å²) in [6.45, 7) is 4.13. The molecule has 0 saturated carbocycles. The standard InChI is InChI=1S/C17H16N2O3/c1-11-7-8-13-16(17(20)21)18-15(19(13)9-11)10-22-14-6-4-3-5-12(14)2/h3-9H,10H2,1-2H3,(H,20,21). The summed E-state index contributed by atoms with van der Waals surface area (Å²) in [7, 11) is 0. The van der Waals surface area contributed by atoms with Crippen LogP contribution in [0.4, 0.5) is 0 Å². The second-order valence-electron chi connectivity index (χ2n) is 5.20. The zero-order chi connectivity index (χ0) is 15.7. The lowest BCUT2D eigenvalue weighted by Gasteiger charge is -2.08. The van der Waals surface area contributed by atoms with Gasteiger partial charge >= 0.3 is 5.97 Å². The second kappa shape index (κ2) is 5.52. The van der Waals surface area contributed by atoms with Gasteiger partial charge < -0.3 is 9.84 Å². The number of carbonyl (C=O) groups is 1. The first-order valence-corrected chi connectivity index (χ1v) is 6.95. The molecular formula is C17H16N2O3. The van der Waals surface area contributed by atoms with Gasteiger partial charge in [-0.2, -0.15) is 0 Å². The monoisotopic (exact) mass is 296 g/mol. The number of aromatic carboxylic acids is 1. The summed E-state index contributed by atoms with van der Waals surface area (Å²) in [6, 6.07) is 11.3. The minimum absolute atomic E-state index is 0.0448. The number of rotatable bonds is 4. The van der Waals surface area contributed by atoms with Crippen LogP contribution in [0.5, 0.6) is 5.75 Å². The van der Waals surface area contributed by atoms with Crippen molar-refractivity contribution in [1.29, 1.82) is 0 Å². The molecule has 2 aromatic heterocycles. The number of imidazole rings is 1. The number of pyridine rings is 1. The molecular weight excluding hydrogens is 280 g/mol. The largest absolute Gasteiger partial charge is 0.485 e. The van der Waals surface area contributed by atoms with E-state index in [9.17, 15) is 9.90 Å². The average molecular weight is 296 g/mol. The molecule has 5 nitrogen and oxygen atoms in total. The fourth-order valence-electron chi connectivity index (χ4n) is 2.37. The predicted octanol–water partition coefficient (Wildman–Crippen LogP) is 3.23. The van der Waals surface area contributed by atoms with Crippen molar-refractivity contribution in [2.75, 3.05) is 0 Å². The Bertz CT molecular complexity index is 852. The van der Waals surface area contributed by atoms with Crippen LogP contribution in [0, 0.1) is 13.8 Å². The van der Waals surface area contributed by atoms with E-state index in [0.29, 0.717) is 11.3 Å². The van der Waals surface area contributed by atoms with Crippen LogP contribution in [-0.2, 0) is 6.61 Å². The van der Waals surface area contributed by atoms with Gasteiger partial charge in [0, 0.05) is 6.20 Å². The molecule has 0 atom stereocenters. The van der Waals surface area contributed by atoms with E-state index in [-0.39, 0.29) is 12.3 Å². The minimum atomic E-state index is -1.04. The third kappa shape index (κ3) is 2.53. The number of aromatic nitrogens is 2. The number of fused-ring (bicyclic) bond motifs is 1. The van der Waals surface area contributed by atoms with E-state index in [1.807, 2.05) is 50.4 Å².